The second-order valence-corrected chi connectivity index (χ2v) is 17.0. The minimum Gasteiger partial charge on any atom is -0.465 e. The van der Waals surface area contributed by atoms with E-state index in [1.807, 2.05) is 0 Å². The zero-order valence-electron chi connectivity index (χ0n) is 18.7. The molecular formula is C22H30FN3O3SSi. The minimum absolute atomic E-state index is 0.0309. The standard InChI is InChI=1S/C22H30FN3O3SSi/c1-21(17-14-16(8-9-18(17)23)10-13-31(3,4)5)15-30(29,24-2)22(11-6-7-12-22)19(26-21)25-20(27)28/h8-9,14H,6-7,11-12,15H2,1-5H3,(H,25,26)(H,27,28)/t21-,30?/m0/s1. The first kappa shape index (κ1) is 23.5. The molecule has 1 spiro atoms. The van der Waals surface area contributed by atoms with Crippen molar-refractivity contribution in [2.45, 2.75) is 62.5 Å². The number of hydrogen-bond donors (Lipinski definition) is 2. The fourth-order valence-corrected chi connectivity index (χ4v) is 8.03. The molecule has 2 atom stereocenters. The summed E-state index contributed by atoms with van der Waals surface area (Å²) in [6.45, 7) is 8.07. The molecule has 0 bridgehead atoms. The van der Waals surface area contributed by atoms with Gasteiger partial charge in [0.2, 0.25) is 0 Å². The molecule has 1 heterocycles. The lowest BCUT2D eigenvalue weighted by Crippen LogP contribution is -2.59. The van der Waals surface area contributed by atoms with E-state index < -0.39 is 40.0 Å². The van der Waals surface area contributed by atoms with Gasteiger partial charge >= 0.3 is 6.09 Å². The average Bonchev–Trinajstić information content (AvgIpc) is 3.16. The van der Waals surface area contributed by atoms with Gasteiger partial charge in [-0.05, 0) is 38.0 Å². The Kier molecular flexibility index (Phi) is 6.11. The van der Waals surface area contributed by atoms with Crippen molar-refractivity contribution in [3.63, 3.8) is 0 Å². The Labute approximate surface area is 184 Å². The Balaban J connectivity index is 2.22. The molecule has 3 rings (SSSR count). The summed E-state index contributed by atoms with van der Waals surface area (Å²) in [5, 5.41) is 11.8. The summed E-state index contributed by atoms with van der Waals surface area (Å²) in [5.41, 5.74) is 2.94. The van der Waals surface area contributed by atoms with Crippen LogP contribution in [0.2, 0.25) is 19.6 Å². The fourth-order valence-electron chi connectivity index (χ4n) is 4.45. The van der Waals surface area contributed by atoms with E-state index in [9.17, 15) is 14.1 Å². The Morgan fingerprint density at radius 1 is 1.32 bits per heavy atom. The Bertz CT molecular complexity index is 1120. The van der Waals surface area contributed by atoms with Crippen LogP contribution in [0.5, 0.6) is 0 Å². The SMILES string of the molecule is CN=S1(=O)C[C@@](C)(c2cc(C#C[Si](C)(C)C)ccc2F)N=C(NC(=O)O)C12CCCC2. The van der Waals surface area contributed by atoms with Crippen molar-refractivity contribution in [3.05, 3.63) is 35.1 Å². The van der Waals surface area contributed by atoms with Crippen LogP contribution in [0, 0.1) is 17.3 Å². The number of rotatable bonds is 1. The fraction of sp³-hybridized carbons (Fsp3) is 0.545. The van der Waals surface area contributed by atoms with Gasteiger partial charge in [0.05, 0.1) is 15.5 Å². The van der Waals surface area contributed by atoms with Gasteiger partial charge in [0.1, 0.15) is 30.0 Å². The van der Waals surface area contributed by atoms with Gasteiger partial charge in [0.15, 0.2) is 0 Å². The van der Waals surface area contributed by atoms with Gasteiger partial charge in [0.25, 0.3) is 0 Å². The van der Waals surface area contributed by atoms with Gasteiger partial charge in [-0.1, -0.05) is 38.4 Å². The van der Waals surface area contributed by atoms with E-state index in [0.717, 1.165) is 12.8 Å². The molecule has 0 radical (unpaired) electrons. The molecule has 1 aliphatic carbocycles. The molecule has 2 aliphatic rings. The Morgan fingerprint density at radius 2 is 1.97 bits per heavy atom. The molecule has 168 valence electrons. The van der Waals surface area contributed by atoms with Gasteiger partial charge in [-0.25, -0.2) is 17.8 Å². The highest BCUT2D eigenvalue weighted by atomic mass is 32.2. The normalized spacial score (nSPS) is 27.2. The van der Waals surface area contributed by atoms with Crippen molar-refractivity contribution in [1.29, 1.82) is 0 Å². The summed E-state index contributed by atoms with van der Waals surface area (Å²) in [5.74, 6) is 2.81. The lowest BCUT2D eigenvalue weighted by Gasteiger charge is -2.43. The number of nitrogens with zero attached hydrogens (tertiary/aromatic N) is 2. The Morgan fingerprint density at radius 3 is 2.52 bits per heavy atom. The summed E-state index contributed by atoms with van der Waals surface area (Å²) in [6, 6.07) is 4.62. The van der Waals surface area contributed by atoms with Crippen LogP contribution in [0.4, 0.5) is 9.18 Å². The van der Waals surface area contributed by atoms with E-state index >= 15 is 4.39 Å². The molecule has 1 fully saturated rings. The van der Waals surface area contributed by atoms with Crippen molar-refractivity contribution in [1.82, 2.24) is 5.32 Å². The van der Waals surface area contributed by atoms with Gasteiger partial charge < -0.3 is 5.11 Å². The third kappa shape index (κ3) is 4.41. The zero-order valence-corrected chi connectivity index (χ0v) is 20.5. The predicted octanol–water partition coefficient (Wildman–Crippen LogP) is 4.36. The number of hydrogen-bond acceptors (Lipinski definition) is 4. The maximum Gasteiger partial charge on any atom is 0.410 e. The highest BCUT2D eigenvalue weighted by Gasteiger charge is 2.55. The summed E-state index contributed by atoms with van der Waals surface area (Å²) in [4.78, 5) is 16.3. The van der Waals surface area contributed by atoms with Crippen molar-refractivity contribution in [2.75, 3.05) is 12.8 Å². The van der Waals surface area contributed by atoms with Crippen molar-refractivity contribution in [2.24, 2.45) is 9.36 Å². The minimum atomic E-state index is -2.91. The molecule has 31 heavy (non-hydrogen) atoms. The zero-order chi connectivity index (χ0) is 23.1. The third-order valence-electron chi connectivity index (χ3n) is 5.94. The number of aliphatic imine (C=N–C) groups is 1. The van der Waals surface area contributed by atoms with Crippen LogP contribution in [-0.2, 0) is 15.3 Å². The molecule has 1 saturated carbocycles. The number of nitrogens with one attached hydrogen (secondary N) is 1. The molecule has 1 aliphatic heterocycles. The van der Waals surface area contributed by atoms with Crippen molar-refractivity contribution < 1.29 is 18.5 Å². The third-order valence-corrected chi connectivity index (χ3v) is 10.2. The molecule has 1 unspecified atom stereocenters. The summed E-state index contributed by atoms with van der Waals surface area (Å²) < 4.78 is 32.5. The number of carbonyl (C=O) groups is 1. The molecule has 0 aromatic heterocycles. The highest BCUT2D eigenvalue weighted by Crippen LogP contribution is 2.47. The molecule has 1 amide bonds. The van der Waals surface area contributed by atoms with Crippen LogP contribution < -0.4 is 5.32 Å². The summed E-state index contributed by atoms with van der Waals surface area (Å²) in [7, 11) is -3.04. The van der Waals surface area contributed by atoms with Crippen LogP contribution >= 0.6 is 0 Å². The van der Waals surface area contributed by atoms with Gasteiger partial charge in [-0.2, -0.15) is 0 Å². The second kappa shape index (κ2) is 8.06. The van der Waals surface area contributed by atoms with E-state index in [1.54, 1.807) is 19.1 Å². The van der Waals surface area contributed by atoms with Crippen molar-refractivity contribution in [3.8, 4) is 11.5 Å². The van der Waals surface area contributed by atoms with Gasteiger partial charge in [-0.15, -0.1) is 5.54 Å². The van der Waals surface area contributed by atoms with Crippen LogP contribution in [0.3, 0.4) is 0 Å². The van der Waals surface area contributed by atoms with E-state index in [1.165, 1.54) is 13.1 Å². The number of amidine groups is 1. The van der Waals surface area contributed by atoms with E-state index in [4.69, 9.17) is 4.99 Å². The molecule has 9 heteroatoms. The second-order valence-electron chi connectivity index (χ2n) is 9.53. The quantitative estimate of drug-likeness (QED) is 0.479. The maximum absolute atomic E-state index is 15.0. The predicted molar refractivity (Wildman–Crippen MR) is 125 cm³/mol. The van der Waals surface area contributed by atoms with E-state index in [0.29, 0.717) is 18.4 Å². The molecule has 6 nitrogen and oxygen atoms in total. The van der Waals surface area contributed by atoms with Gasteiger partial charge in [0, 0.05) is 18.2 Å². The summed E-state index contributed by atoms with van der Waals surface area (Å²) >= 11 is 0. The van der Waals surface area contributed by atoms with Crippen molar-refractivity contribution >= 4 is 29.7 Å². The van der Waals surface area contributed by atoms with Crippen LogP contribution in [-0.4, -0.2) is 46.9 Å². The smallest absolute Gasteiger partial charge is 0.410 e. The average molecular weight is 464 g/mol. The lowest BCUT2D eigenvalue weighted by atomic mass is 9.91. The highest BCUT2D eigenvalue weighted by molar-refractivity contribution is 7.95. The largest absolute Gasteiger partial charge is 0.465 e. The van der Waals surface area contributed by atoms with Crippen LogP contribution in [0.25, 0.3) is 0 Å². The van der Waals surface area contributed by atoms with Gasteiger partial charge in [-0.3, -0.25) is 10.3 Å². The first-order valence-electron chi connectivity index (χ1n) is 10.4. The number of benzene rings is 1. The molecule has 0 saturated heterocycles. The number of carboxylic acid groups (broad SMARTS) is 1. The first-order chi connectivity index (χ1) is 14.3. The number of halogens is 1. The molecular weight excluding hydrogens is 433 g/mol. The first-order valence-corrected chi connectivity index (χ1v) is 15.6. The monoisotopic (exact) mass is 463 g/mol. The van der Waals surface area contributed by atoms with Crippen LogP contribution in [0.1, 0.15) is 43.7 Å². The Hall–Kier alpha value is -2.18. The van der Waals surface area contributed by atoms with Crippen LogP contribution in [0.15, 0.2) is 27.6 Å². The molecule has 2 N–H and O–H groups in total. The lowest BCUT2D eigenvalue weighted by molar-refractivity contribution is 0.199. The molecule has 1 aromatic rings. The number of amides is 1. The maximum atomic E-state index is 15.0. The topological polar surface area (TPSA) is 91.1 Å². The molecule has 1 aromatic carbocycles. The summed E-state index contributed by atoms with van der Waals surface area (Å²) in [6.07, 6.45) is 1.45. The van der Waals surface area contributed by atoms with E-state index in [-0.39, 0.29) is 17.2 Å². The van der Waals surface area contributed by atoms with E-state index in [2.05, 4.69) is 40.8 Å².